The monoisotopic (exact) mass is 320 g/mol. The molecule has 0 fully saturated rings. The first-order valence-electron chi connectivity index (χ1n) is 7.27. The summed E-state index contributed by atoms with van der Waals surface area (Å²) in [5, 5.41) is 8.36. The van der Waals surface area contributed by atoms with E-state index < -0.39 is 0 Å². The van der Waals surface area contributed by atoms with Crippen LogP contribution in [0.5, 0.6) is 0 Å². The highest BCUT2D eigenvalue weighted by molar-refractivity contribution is 7.09. The second-order valence-corrected chi connectivity index (χ2v) is 6.68. The van der Waals surface area contributed by atoms with Crippen molar-refractivity contribution in [1.82, 2.24) is 29.5 Å². The van der Waals surface area contributed by atoms with Gasteiger partial charge in [-0.25, -0.2) is 0 Å². The van der Waals surface area contributed by atoms with E-state index in [-0.39, 0.29) is 11.9 Å². The van der Waals surface area contributed by atoms with Gasteiger partial charge in [0.15, 0.2) is 0 Å². The molecule has 7 nitrogen and oxygen atoms in total. The molecule has 3 rings (SSSR count). The molecule has 0 saturated heterocycles. The van der Waals surface area contributed by atoms with Crippen LogP contribution in [0.15, 0.2) is 11.7 Å². The normalized spacial score (nSPS) is 18.2. The number of nitrogens with zero attached hydrogens (tertiary/aromatic N) is 6. The minimum absolute atomic E-state index is 0.128. The van der Waals surface area contributed by atoms with Crippen LogP contribution in [-0.4, -0.2) is 62.1 Å². The van der Waals surface area contributed by atoms with Crippen LogP contribution in [0.4, 0.5) is 0 Å². The van der Waals surface area contributed by atoms with Gasteiger partial charge >= 0.3 is 0 Å². The first kappa shape index (κ1) is 15.1. The average Bonchev–Trinajstić information content (AvgIpc) is 3.13. The van der Waals surface area contributed by atoms with Gasteiger partial charge in [-0.05, 0) is 13.3 Å². The van der Waals surface area contributed by atoms with Crippen molar-refractivity contribution in [2.45, 2.75) is 32.5 Å². The quantitative estimate of drug-likeness (QED) is 0.823. The molecule has 22 heavy (non-hydrogen) atoms. The van der Waals surface area contributed by atoms with Crippen molar-refractivity contribution < 1.29 is 4.79 Å². The first-order valence-corrected chi connectivity index (χ1v) is 8.15. The van der Waals surface area contributed by atoms with Crippen LogP contribution < -0.4 is 0 Å². The fourth-order valence-electron chi connectivity index (χ4n) is 2.75. The molecule has 1 unspecified atom stereocenters. The molecule has 1 aliphatic heterocycles. The summed E-state index contributed by atoms with van der Waals surface area (Å²) in [7, 11) is 3.61. The summed E-state index contributed by atoms with van der Waals surface area (Å²) in [6.07, 6.45) is 2.79. The number of hydrogen-bond acceptors (Lipinski definition) is 6. The Morgan fingerprint density at radius 2 is 2.27 bits per heavy atom. The van der Waals surface area contributed by atoms with E-state index in [1.165, 1.54) is 4.88 Å². The number of likely N-dealkylation sites (N-methyl/N-ethyl adjacent to an activating group) is 1. The van der Waals surface area contributed by atoms with Gasteiger partial charge in [-0.1, -0.05) is 0 Å². The van der Waals surface area contributed by atoms with E-state index in [4.69, 9.17) is 0 Å². The Morgan fingerprint density at radius 1 is 1.45 bits per heavy atom. The molecule has 0 spiro atoms. The maximum Gasteiger partial charge on any atom is 0.241 e. The second-order valence-electron chi connectivity index (χ2n) is 5.71. The summed E-state index contributed by atoms with van der Waals surface area (Å²) in [6, 6.07) is -0.162. The molecular formula is C14H20N6OS. The summed E-state index contributed by atoms with van der Waals surface area (Å²) >= 11 is 1.65. The highest BCUT2D eigenvalue weighted by atomic mass is 32.1. The number of thiazole rings is 1. The predicted octanol–water partition coefficient (Wildman–Crippen LogP) is 0.558. The van der Waals surface area contributed by atoms with E-state index in [0.29, 0.717) is 13.1 Å². The van der Waals surface area contributed by atoms with Gasteiger partial charge in [0.1, 0.15) is 17.7 Å². The summed E-state index contributed by atoms with van der Waals surface area (Å²) in [5.41, 5.74) is 1.84. The maximum atomic E-state index is 12.5. The Kier molecular flexibility index (Phi) is 4.21. The minimum atomic E-state index is -0.162. The Balaban J connectivity index is 1.79. The number of rotatable bonds is 4. The summed E-state index contributed by atoms with van der Waals surface area (Å²) in [6.45, 7) is 4.02. The van der Waals surface area contributed by atoms with E-state index in [2.05, 4.69) is 24.6 Å². The van der Waals surface area contributed by atoms with Crippen LogP contribution in [0.2, 0.25) is 0 Å². The van der Waals surface area contributed by atoms with Crippen molar-refractivity contribution in [3.63, 3.8) is 0 Å². The molecule has 0 N–H and O–H groups in total. The number of hydrogen-bond donors (Lipinski definition) is 0. The van der Waals surface area contributed by atoms with E-state index in [1.54, 1.807) is 30.3 Å². The average molecular weight is 320 g/mol. The number of fused-ring (bicyclic) bond motifs is 1. The topological polar surface area (TPSA) is 67.2 Å². The van der Waals surface area contributed by atoms with Gasteiger partial charge in [0.2, 0.25) is 5.91 Å². The Morgan fingerprint density at radius 3 is 2.95 bits per heavy atom. The lowest BCUT2D eigenvalue weighted by atomic mass is 10.1. The Labute approximate surface area is 133 Å². The van der Waals surface area contributed by atoms with E-state index >= 15 is 0 Å². The van der Waals surface area contributed by atoms with Crippen LogP contribution >= 0.6 is 11.3 Å². The number of carbonyl (C=O) groups excluding carboxylic acids is 1. The summed E-state index contributed by atoms with van der Waals surface area (Å²) < 4.78 is 2.05. The predicted molar refractivity (Wildman–Crippen MR) is 83.5 cm³/mol. The molecule has 1 amide bonds. The molecule has 2 aromatic rings. The highest BCUT2D eigenvalue weighted by Crippen LogP contribution is 2.20. The SMILES string of the molecule is Cc1nnc2n1CC(C(=O)N(C)C)N(CCc1cncs1)C2. The summed E-state index contributed by atoms with van der Waals surface area (Å²) in [4.78, 5) is 21.7. The lowest BCUT2D eigenvalue weighted by Gasteiger charge is -2.36. The lowest BCUT2D eigenvalue weighted by Crippen LogP contribution is -2.52. The molecule has 0 aromatic carbocycles. The van der Waals surface area contributed by atoms with Gasteiger partial charge in [-0.2, -0.15) is 0 Å². The second kappa shape index (κ2) is 6.13. The molecular weight excluding hydrogens is 300 g/mol. The molecule has 118 valence electrons. The Bertz CT molecular complexity index is 650. The van der Waals surface area contributed by atoms with Gasteiger partial charge in [0.05, 0.1) is 18.6 Å². The minimum Gasteiger partial charge on any atom is -0.347 e. The van der Waals surface area contributed by atoms with Crippen molar-refractivity contribution >= 4 is 17.2 Å². The first-order chi connectivity index (χ1) is 10.6. The molecule has 0 bridgehead atoms. The molecule has 2 aromatic heterocycles. The van der Waals surface area contributed by atoms with Crippen molar-refractivity contribution in [1.29, 1.82) is 0 Å². The zero-order valence-corrected chi connectivity index (χ0v) is 13.9. The van der Waals surface area contributed by atoms with E-state index in [9.17, 15) is 4.79 Å². The molecule has 0 radical (unpaired) electrons. The van der Waals surface area contributed by atoms with E-state index in [1.807, 2.05) is 18.6 Å². The van der Waals surface area contributed by atoms with Gasteiger partial charge in [0, 0.05) is 31.7 Å². The third-order valence-corrected chi connectivity index (χ3v) is 4.85. The lowest BCUT2D eigenvalue weighted by molar-refractivity contribution is -0.136. The van der Waals surface area contributed by atoms with Crippen LogP contribution in [0.3, 0.4) is 0 Å². The van der Waals surface area contributed by atoms with Crippen molar-refractivity contribution in [2.24, 2.45) is 0 Å². The van der Waals surface area contributed by atoms with Crippen LogP contribution in [0, 0.1) is 6.92 Å². The van der Waals surface area contributed by atoms with Crippen molar-refractivity contribution in [2.75, 3.05) is 20.6 Å². The molecule has 0 saturated carbocycles. The van der Waals surface area contributed by atoms with Gasteiger partial charge in [-0.15, -0.1) is 21.5 Å². The zero-order valence-electron chi connectivity index (χ0n) is 13.1. The van der Waals surface area contributed by atoms with Crippen molar-refractivity contribution in [3.8, 4) is 0 Å². The third-order valence-electron chi connectivity index (χ3n) is 4.01. The smallest absolute Gasteiger partial charge is 0.241 e. The molecule has 1 aliphatic rings. The van der Waals surface area contributed by atoms with Crippen LogP contribution in [0.25, 0.3) is 0 Å². The number of carbonyl (C=O) groups is 1. The molecule has 0 aliphatic carbocycles. The largest absolute Gasteiger partial charge is 0.347 e. The van der Waals surface area contributed by atoms with Gasteiger partial charge in [-0.3, -0.25) is 14.7 Å². The number of amides is 1. The standard InChI is InChI=1S/C14H20N6OS/c1-10-16-17-13-8-19(5-4-11-6-15-9-22-11)12(7-20(10)13)14(21)18(2)3/h6,9,12H,4-5,7-8H2,1-3H3. The third kappa shape index (κ3) is 2.89. The van der Waals surface area contributed by atoms with Gasteiger partial charge < -0.3 is 9.47 Å². The zero-order chi connectivity index (χ0) is 15.7. The fraction of sp³-hybridized carbons (Fsp3) is 0.571. The number of aromatic nitrogens is 4. The fourth-order valence-corrected chi connectivity index (χ4v) is 3.33. The highest BCUT2D eigenvalue weighted by Gasteiger charge is 2.34. The maximum absolute atomic E-state index is 12.5. The summed E-state index contributed by atoms with van der Waals surface area (Å²) in [5.74, 6) is 1.93. The molecule has 3 heterocycles. The van der Waals surface area contributed by atoms with Crippen LogP contribution in [0.1, 0.15) is 16.5 Å². The van der Waals surface area contributed by atoms with Crippen LogP contribution in [-0.2, 0) is 24.3 Å². The van der Waals surface area contributed by atoms with Crippen molar-refractivity contribution in [3.05, 3.63) is 28.2 Å². The van der Waals surface area contributed by atoms with E-state index in [0.717, 1.165) is 24.6 Å². The molecule has 1 atom stereocenters. The molecule has 8 heteroatoms. The van der Waals surface area contributed by atoms with Gasteiger partial charge in [0.25, 0.3) is 0 Å². The Hall–Kier alpha value is -1.80. The number of aryl methyl sites for hydroxylation is 1.